The van der Waals surface area contributed by atoms with Gasteiger partial charge in [-0.2, -0.15) is 0 Å². The van der Waals surface area contributed by atoms with Gasteiger partial charge in [-0.15, -0.1) is 0 Å². The predicted molar refractivity (Wildman–Crippen MR) is 89.5 cm³/mol. The number of hydrogen-bond donors (Lipinski definition) is 1. The number of benzene rings is 1. The van der Waals surface area contributed by atoms with E-state index in [1.807, 2.05) is 44.2 Å². The summed E-state index contributed by atoms with van der Waals surface area (Å²) in [4.78, 5) is 24.6. The summed E-state index contributed by atoms with van der Waals surface area (Å²) in [5.41, 5.74) is 3.85. The number of nitrogens with one attached hydrogen (secondary N) is 1. The standard InChI is InChI=1S/C19H23NO3/c1-5-23-19(22)18-13(3)20-12(2)17(14(4)21)16(18)11-15-9-7-6-8-10-15/h6-10,16,20H,5,11H2,1-4H3. The van der Waals surface area contributed by atoms with Gasteiger partial charge in [-0.1, -0.05) is 30.3 Å². The molecule has 2 rings (SSSR count). The van der Waals surface area contributed by atoms with Gasteiger partial charge in [0.1, 0.15) is 0 Å². The summed E-state index contributed by atoms with van der Waals surface area (Å²) in [6.45, 7) is 7.36. The van der Waals surface area contributed by atoms with Crippen LogP contribution in [0.3, 0.4) is 0 Å². The molecule has 122 valence electrons. The molecule has 4 heteroatoms. The minimum Gasteiger partial charge on any atom is -0.463 e. The number of ketones is 1. The fraction of sp³-hybridized carbons (Fsp3) is 0.368. The molecule has 0 spiro atoms. The van der Waals surface area contributed by atoms with Crippen molar-refractivity contribution in [3.8, 4) is 0 Å². The molecule has 0 aromatic heterocycles. The fourth-order valence-electron chi connectivity index (χ4n) is 3.15. The van der Waals surface area contributed by atoms with Crippen LogP contribution in [0.25, 0.3) is 0 Å². The van der Waals surface area contributed by atoms with Crippen molar-refractivity contribution in [2.24, 2.45) is 5.92 Å². The van der Waals surface area contributed by atoms with E-state index < -0.39 is 0 Å². The molecule has 1 heterocycles. The van der Waals surface area contributed by atoms with E-state index in [1.54, 1.807) is 13.8 Å². The highest BCUT2D eigenvalue weighted by molar-refractivity contribution is 6.00. The number of Topliss-reactive ketones (excluding diaryl/α,β-unsaturated/α-hetero) is 1. The summed E-state index contributed by atoms with van der Waals surface area (Å²) in [5, 5.41) is 3.15. The van der Waals surface area contributed by atoms with E-state index >= 15 is 0 Å². The van der Waals surface area contributed by atoms with Gasteiger partial charge in [0.25, 0.3) is 0 Å². The van der Waals surface area contributed by atoms with Crippen LogP contribution >= 0.6 is 0 Å². The van der Waals surface area contributed by atoms with Crippen LogP contribution < -0.4 is 5.32 Å². The summed E-state index contributed by atoms with van der Waals surface area (Å²) in [7, 11) is 0. The van der Waals surface area contributed by atoms with Crippen LogP contribution in [0.5, 0.6) is 0 Å². The summed E-state index contributed by atoms with van der Waals surface area (Å²) >= 11 is 0. The molecule has 23 heavy (non-hydrogen) atoms. The molecule has 0 aliphatic carbocycles. The van der Waals surface area contributed by atoms with Crippen molar-refractivity contribution < 1.29 is 14.3 Å². The molecule has 0 saturated carbocycles. The predicted octanol–water partition coefficient (Wildman–Crippen LogP) is 3.15. The van der Waals surface area contributed by atoms with E-state index in [-0.39, 0.29) is 17.7 Å². The molecule has 4 nitrogen and oxygen atoms in total. The van der Waals surface area contributed by atoms with Gasteiger partial charge in [-0.3, -0.25) is 4.79 Å². The van der Waals surface area contributed by atoms with Gasteiger partial charge < -0.3 is 10.1 Å². The molecule has 0 radical (unpaired) electrons. The first kappa shape index (κ1) is 17.0. The maximum absolute atomic E-state index is 12.4. The van der Waals surface area contributed by atoms with Crippen LogP contribution in [0.4, 0.5) is 0 Å². The number of hydrogen-bond acceptors (Lipinski definition) is 4. The van der Waals surface area contributed by atoms with Crippen LogP contribution in [0.1, 0.15) is 33.3 Å². The molecule has 1 unspecified atom stereocenters. The van der Waals surface area contributed by atoms with Crippen molar-refractivity contribution in [2.45, 2.75) is 34.1 Å². The Morgan fingerprint density at radius 1 is 1.09 bits per heavy atom. The minimum atomic E-state index is -0.357. The second-order valence-electron chi connectivity index (χ2n) is 5.72. The van der Waals surface area contributed by atoms with Gasteiger partial charge in [-0.05, 0) is 39.7 Å². The number of ether oxygens (including phenoxy) is 1. The van der Waals surface area contributed by atoms with Crippen molar-refractivity contribution >= 4 is 11.8 Å². The van der Waals surface area contributed by atoms with Crippen molar-refractivity contribution in [1.29, 1.82) is 0 Å². The quantitative estimate of drug-likeness (QED) is 0.849. The highest BCUT2D eigenvalue weighted by atomic mass is 16.5. The van der Waals surface area contributed by atoms with E-state index in [1.165, 1.54) is 0 Å². The Morgan fingerprint density at radius 2 is 1.70 bits per heavy atom. The lowest BCUT2D eigenvalue weighted by Gasteiger charge is -2.30. The monoisotopic (exact) mass is 313 g/mol. The first-order valence-electron chi connectivity index (χ1n) is 7.86. The van der Waals surface area contributed by atoms with Crippen LogP contribution in [0, 0.1) is 5.92 Å². The van der Waals surface area contributed by atoms with Gasteiger partial charge in [-0.25, -0.2) is 4.79 Å². The van der Waals surface area contributed by atoms with Crippen LogP contribution in [0.15, 0.2) is 52.9 Å². The van der Waals surface area contributed by atoms with E-state index in [0.29, 0.717) is 24.2 Å². The summed E-state index contributed by atoms with van der Waals surface area (Å²) in [6, 6.07) is 9.88. The first-order valence-corrected chi connectivity index (χ1v) is 7.86. The van der Waals surface area contributed by atoms with Gasteiger partial charge >= 0.3 is 5.97 Å². The van der Waals surface area contributed by atoms with Crippen LogP contribution in [-0.4, -0.2) is 18.4 Å². The molecule has 0 bridgehead atoms. The Kier molecular flexibility index (Phi) is 5.37. The summed E-state index contributed by atoms with van der Waals surface area (Å²) in [6.07, 6.45) is 0.597. The zero-order valence-corrected chi connectivity index (χ0v) is 14.1. The van der Waals surface area contributed by atoms with Gasteiger partial charge in [0.2, 0.25) is 0 Å². The van der Waals surface area contributed by atoms with E-state index in [2.05, 4.69) is 5.32 Å². The molecule has 1 atom stereocenters. The van der Waals surface area contributed by atoms with E-state index in [0.717, 1.165) is 17.0 Å². The highest BCUT2D eigenvalue weighted by Gasteiger charge is 2.34. The van der Waals surface area contributed by atoms with Crippen LogP contribution in [-0.2, 0) is 20.7 Å². The van der Waals surface area contributed by atoms with Gasteiger partial charge in [0.15, 0.2) is 5.78 Å². The van der Waals surface area contributed by atoms with Crippen molar-refractivity contribution in [3.05, 3.63) is 58.4 Å². The molecule has 1 N–H and O–H groups in total. The smallest absolute Gasteiger partial charge is 0.336 e. The number of carbonyl (C=O) groups excluding carboxylic acids is 2. The second-order valence-corrected chi connectivity index (χ2v) is 5.72. The molecule has 0 amide bonds. The Labute approximate surface area is 137 Å². The number of dihydropyridines is 1. The van der Waals surface area contributed by atoms with Crippen molar-refractivity contribution in [3.63, 3.8) is 0 Å². The molecule has 1 aromatic carbocycles. The zero-order chi connectivity index (χ0) is 17.0. The lowest BCUT2D eigenvalue weighted by atomic mass is 9.80. The largest absolute Gasteiger partial charge is 0.463 e. The Bertz CT molecular complexity index is 671. The summed E-state index contributed by atoms with van der Waals surface area (Å²) in [5.74, 6) is -0.662. The summed E-state index contributed by atoms with van der Waals surface area (Å²) < 4.78 is 5.21. The average Bonchev–Trinajstić information content (AvgIpc) is 2.47. The Balaban J connectivity index is 2.47. The lowest BCUT2D eigenvalue weighted by molar-refractivity contribution is -0.139. The maximum atomic E-state index is 12.4. The minimum absolute atomic E-state index is 0.0229. The third-order valence-electron chi connectivity index (χ3n) is 4.04. The lowest BCUT2D eigenvalue weighted by Crippen LogP contribution is -2.33. The zero-order valence-electron chi connectivity index (χ0n) is 14.1. The fourth-order valence-corrected chi connectivity index (χ4v) is 3.15. The molecule has 1 aliphatic rings. The molecule has 0 fully saturated rings. The number of esters is 1. The van der Waals surface area contributed by atoms with E-state index in [9.17, 15) is 9.59 Å². The van der Waals surface area contributed by atoms with Gasteiger partial charge in [0, 0.05) is 22.9 Å². The molecule has 0 saturated heterocycles. The van der Waals surface area contributed by atoms with Gasteiger partial charge in [0.05, 0.1) is 12.2 Å². The molecule has 1 aliphatic heterocycles. The topological polar surface area (TPSA) is 55.4 Å². The number of allylic oxidation sites excluding steroid dienone is 3. The first-order chi connectivity index (χ1) is 11.0. The third kappa shape index (κ3) is 3.70. The normalized spacial score (nSPS) is 17.8. The number of carbonyl (C=O) groups is 2. The highest BCUT2D eigenvalue weighted by Crippen LogP contribution is 2.33. The molecular weight excluding hydrogens is 290 g/mol. The second kappa shape index (κ2) is 7.27. The van der Waals surface area contributed by atoms with Crippen molar-refractivity contribution in [2.75, 3.05) is 6.61 Å². The molecular formula is C19H23NO3. The van der Waals surface area contributed by atoms with Crippen LogP contribution in [0.2, 0.25) is 0 Å². The maximum Gasteiger partial charge on any atom is 0.336 e. The Morgan fingerprint density at radius 3 is 2.26 bits per heavy atom. The third-order valence-corrected chi connectivity index (χ3v) is 4.04. The number of rotatable bonds is 5. The SMILES string of the molecule is CCOC(=O)C1=C(C)NC(C)=C(C(C)=O)C1Cc1ccccc1. The van der Waals surface area contributed by atoms with Crippen molar-refractivity contribution in [1.82, 2.24) is 5.32 Å². The van der Waals surface area contributed by atoms with E-state index in [4.69, 9.17) is 4.74 Å². The average molecular weight is 313 g/mol. The Hall–Kier alpha value is -2.36. The molecule has 1 aromatic rings.